The van der Waals surface area contributed by atoms with E-state index in [0.29, 0.717) is 0 Å². The Morgan fingerprint density at radius 1 is 1.47 bits per heavy atom. The summed E-state index contributed by atoms with van der Waals surface area (Å²) < 4.78 is 2.04. The minimum absolute atomic E-state index is 0.842. The third-order valence-corrected chi connectivity index (χ3v) is 3.29. The monoisotopic (exact) mass is 207 g/mol. The van der Waals surface area contributed by atoms with Crippen molar-refractivity contribution in [3.63, 3.8) is 0 Å². The molecule has 1 aliphatic rings. The van der Waals surface area contributed by atoms with Crippen LogP contribution in [0.4, 0.5) is 0 Å². The number of aromatic nitrogens is 2. The molecule has 1 aromatic rings. The number of hydrogen-bond donors (Lipinski definition) is 1. The summed E-state index contributed by atoms with van der Waals surface area (Å²) in [5.74, 6) is 0.842. The van der Waals surface area contributed by atoms with Gasteiger partial charge in [-0.25, -0.2) is 0 Å². The molecule has 0 spiro atoms. The molecule has 15 heavy (non-hydrogen) atoms. The lowest BCUT2D eigenvalue weighted by Crippen LogP contribution is -2.15. The molecule has 0 aromatic carbocycles. The van der Waals surface area contributed by atoms with Crippen molar-refractivity contribution in [1.29, 1.82) is 0 Å². The van der Waals surface area contributed by atoms with Gasteiger partial charge in [-0.2, -0.15) is 5.10 Å². The Balaban J connectivity index is 1.97. The summed E-state index contributed by atoms with van der Waals surface area (Å²) >= 11 is 0. The lowest BCUT2D eigenvalue weighted by molar-refractivity contribution is 0.455. The minimum atomic E-state index is 0.842. The van der Waals surface area contributed by atoms with E-state index in [-0.39, 0.29) is 0 Å². The van der Waals surface area contributed by atoms with Gasteiger partial charge in [0.1, 0.15) is 0 Å². The van der Waals surface area contributed by atoms with E-state index in [1.807, 2.05) is 4.68 Å². The molecular formula is C12H21N3. The van der Waals surface area contributed by atoms with Crippen LogP contribution in [0.2, 0.25) is 0 Å². The fourth-order valence-electron chi connectivity index (χ4n) is 2.45. The Morgan fingerprint density at radius 2 is 2.33 bits per heavy atom. The van der Waals surface area contributed by atoms with E-state index >= 15 is 0 Å². The largest absolute Gasteiger partial charge is 0.317 e. The summed E-state index contributed by atoms with van der Waals surface area (Å²) in [5, 5.41) is 7.86. The maximum absolute atomic E-state index is 4.40. The van der Waals surface area contributed by atoms with Gasteiger partial charge < -0.3 is 5.32 Å². The van der Waals surface area contributed by atoms with Gasteiger partial charge in [0.2, 0.25) is 0 Å². The van der Waals surface area contributed by atoms with Crippen molar-refractivity contribution in [2.75, 3.05) is 13.1 Å². The van der Waals surface area contributed by atoms with E-state index in [2.05, 4.69) is 30.5 Å². The molecule has 84 valence electrons. The highest BCUT2D eigenvalue weighted by Gasteiger charge is 2.14. The van der Waals surface area contributed by atoms with E-state index < -0.39 is 0 Å². The van der Waals surface area contributed by atoms with Crippen LogP contribution in [0.5, 0.6) is 0 Å². The zero-order valence-electron chi connectivity index (χ0n) is 9.79. The van der Waals surface area contributed by atoms with Crippen LogP contribution in [0.3, 0.4) is 0 Å². The number of nitrogens with zero attached hydrogens (tertiary/aromatic N) is 2. The summed E-state index contributed by atoms with van der Waals surface area (Å²) in [6.07, 6.45) is 5.18. The Bertz CT molecular complexity index is 309. The number of aryl methyl sites for hydroxylation is 2. The van der Waals surface area contributed by atoms with Gasteiger partial charge in [-0.05, 0) is 57.7 Å². The molecule has 0 saturated carbocycles. The second-order valence-corrected chi connectivity index (χ2v) is 4.65. The molecule has 0 amide bonds. The Hall–Kier alpha value is -0.830. The third kappa shape index (κ3) is 2.81. The van der Waals surface area contributed by atoms with Gasteiger partial charge in [-0.3, -0.25) is 4.68 Å². The second-order valence-electron chi connectivity index (χ2n) is 4.65. The van der Waals surface area contributed by atoms with Gasteiger partial charge in [-0.15, -0.1) is 0 Å². The summed E-state index contributed by atoms with van der Waals surface area (Å²) in [6, 6.07) is 2.22. The molecule has 1 fully saturated rings. The van der Waals surface area contributed by atoms with Gasteiger partial charge in [0, 0.05) is 12.7 Å². The fourth-order valence-corrected chi connectivity index (χ4v) is 2.45. The molecule has 0 radical (unpaired) electrons. The number of nitrogens with one attached hydrogen (secondary N) is 1. The normalized spacial score (nSPS) is 22.7. The first-order valence-corrected chi connectivity index (χ1v) is 5.96. The Morgan fingerprint density at radius 3 is 3.07 bits per heavy atom. The maximum Gasteiger partial charge on any atom is 0.0596 e. The SMILES string of the molecule is Cc1cc(CC2CCCNCC2)n(C)n1. The topological polar surface area (TPSA) is 29.9 Å². The van der Waals surface area contributed by atoms with Crippen LogP contribution < -0.4 is 5.32 Å². The predicted octanol–water partition coefficient (Wildman–Crippen LogP) is 1.66. The van der Waals surface area contributed by atoms with Gasteiger partial charge in [-0.1, -0.05) is 0 Å². The van der Waals surface area contributed by atoms with E-state index in [0.717, 1.165) is 11.6 Å². The molecule has 1 N–H and O–H groups in total. The zero-order valence-corrected chi connectivity index (χ0v) is 9.79. The highest BCUT2D eigenvalue weighted by molar-refractivity contribution is 5.09. The lowest BCUT2D eigenvalue weighted by atomic mass is 9.95. The van der Waals surface area contributed by atoms with Crippen molar-refractivity contribution in [3.05, 3.63) is 17.5 Å². The fraction of sp³-hybridized carbons (Fsp3) is 0.750. The van der Waals surface area contributed by atoms with Crippen molar-refractivity contribution in [3.8, 4) is 0 Å². The van der Waals surface area contributed by atoms with Crippen LogP contribution in [0.15, 0.2) is 6.07 Å². The summed E-state index contributed by atoms with van der Waals surface area (Å²) in [4.78, 5) is 0. The van der Waals surface area contributed by atoms with Crippen LogP contribution >= 0.6 is 0 Å². The van der Waals surface area contributed by atoms with E-state index in [9.17, 15) is 0 Å². The molecule has 3 heteroatoms. The Kier molecular flexibility index (Phi) is 3.41. The third-order valence-electron chi connectivity index (χ3n) is 3.29. The second kappa shape index (κ2) is 4.79. The highest BCUT2D eigenvalue weighted by Crippen LogP contribution is 2.19. The smallest absolute Gasteiger partial charge is 0.0596 e. The summed E-state index contributed by atoms with van der Waals surface area (Å²) in [6.45, 7) is 4.45. The van der Waals surface area contributed by atoms with Gasteiger partial charge in [0.05, 0.1) is 5.69 Å². The van der Waals surface area contributed by atoms with Crippen LogP contribution in [0, 0.1) is 12.8 Å². The first-order chi connectivity index (χ1) is 7.25. The number of rotatable bonds is 2. The van der Waals surface area contributed by atoms with Crippen molar-refractivity contribution in [2.24, 2.45) is 13.0 Å². The predicted molar refractivity (Wildman–Crippen MR) is 61.9 cm³/mol. The quantitative estimate of drug-likeness (QED) is 0.799. The average Bonchev–Trinajstić information content (AvgIpc) is 2.44. The van der Waals surface area contributed by atoms with E-state index in [4.69, 9.17) is 0 Å². The number of hydrogen-bond acceptors (Lipinski definition) is 2. The molecule has 0 aliphatic carbocycles. The molecule has 3 nitrogen and oxygen atoms in total. The van der Waals surface area contributed by atoms with Crippen LogP contribution in [-0.4, -0.2) is 22.9 Å². The molecule has 1 saturated heterocycles. The highest BCUT2D eigenvalue weighted by atomic mass is 15.3. The summed E-state index contributed by atoms with van der Waals surface area (Å²) in [5.41, 5.74) is 2.53. The Labute approximate surface area is 91.9 Å². The molecule has 2 rings (SSSR count). The maximum atomic E-state index is 4.40. The molecule has 1 atom stereocenters. The van der Waals surface area contributed by atoms with E-state index in [1.54, 1.807) is 0 Å². The zero-order chi connectivity index (χ0) is 10.7. The van der Waals surface area contributed by atoms with Crippen molar-refractivity contribution < 1.29 is 0 Å². The first kappa shape index (κ1) is 10.7. The average molecular weight is 207 g/mol. The minimum Gasteiger partial charge on any atom is -0.317 e. The van der Waals surface area contributed by atoms with Crippen molar-refractivity contribution in [1.82, 2.24) is 15.1 Å². The first-order valence-electron chi connectivity index (χ1n) is 5.96. The van der Waals surface area contributed by atoms with Gasteiger partial charge in [0.25, 0.3) is 0 Å². The molecule has 1 aliphatic heterocycles. The van der Waals surface area contributed by atoms with Crippen molar-refractivity contribution >= 4 is 0 Å². The molecule has 0 bridgehead atoms. The molecule has 2 heterocycles. The van der Waals surface area contributed by atoms with Crippen LogP contribution in [0.25, 0.3) is 0 Å². The summed E-state index contributed by atoms with van der Waals surface area (Å²) in [7, 11) is 2.05. The molecule has 1 aromatic heterocycles. The van der Waals surface area contributed by atoms with E-state index in [1.165, 1.54) is 44.5 Å². The van der Waals surface area contributed by atoms with Gasteiger partial charge in [0.15, 0.2) is 0 Å². The molecule has 1 unspecified atom stereocenters. The van der Waals surface area contributed by atoms with Crippen molar-refractivity contribution in [2.45, 2.75) is 32.6 Å². The van der Waals surface area contributed by atoms with Crippen LogP contribution in [0.1, 0.15) is 30.7 Å². The van der Waals surface area contributed by atoms with Crippen LogP contribution in [-0.2, 0) is 13.5 Å². The lowest BCUT2D eigenvalue weighted by Gasteiger charge is -2.13. The van der Waals surface area contributed by atoms with Gasteiger partial charge >= 0.3 is 0 Å². The standard InChI is InChI=1S/C12H21N3/c1-10-8-12(15(2)14-10)9-11-4-3-6-13-7-5-11/h8,11,13H,3-7,9H2,1-2H3. The molecular weight excluding hydrogens is 186 g/mol.